The second-order valence-electron chi connectivity index (χ2n) is 3.40. The Hall–Kier alpha value is -1.82. The molecule has 0 saturated carbocycles. The molecular weight excluding hydrogens is 176 g/mol. The lowest BCUT2D eigenvalue weighted by Gasteiger charge is -2.08. The molecule has 1 fully saturated rings. The van der Waals surface area contributed by atoms with Gasteiger partial charge in [-0.1, -0.05) is 18.2 Å². The zero-order chi connectivity index (χ0) is 9.97. The summed E-state index contributed by atoms with van der Waals surface area (Å²) in [4.78, 5) is 11.0. The fraction of sp³-hybridized carbons (Fsp3) is 0.273. The molecule has 1 atom stereocenters. The fourth-order valence-corrected chi connectivity index (χ4v) is 1.78. The summed E-state index contributed by atoms with van der Waals surface area (Å²) in [5.74, 6) is 0.237. The highest BCUT2D eigenvalue weighted by Gasteiger charge is 2.24. The summed E-state index contributed by atoms with van der Waals surface area (Å²) < 4.78 is 0. The standard InChI is InChI=1S/C11H10N2O/c12-6-8-3-1-2-4-10(8)9-5-11(14)13-7-9/h1-4,9H,5,7H2,(H,13,14). The van der Waals surface area contributed by atoms with Crippen LogP contribution < -0.4 is 5.32 Å². The molecule has 70 valence electrons. The number of rotatable bonds is 1. The normalized spacial score (nSPS) is 20.2. The van der Waals surface area contributed by atoms with E-state index in [1.807, 2.05) is 18.2 Å². The third-order valence-corrected chi connectivity index (χ3v) is 2.50. The number of hydrogen-bond acceptors (Lipinski definition) is 2. The Kier molecular flexibility index (Phi) is 2.19. The molecule has 0 radical (unpaired) electrons. The number of benzene rings is 1. The summed E-state index contributed by atoms with van der Waals surface area (Å²) in [5, 5.41) is 11.7. The van der Waals surface area contributed by atoms with Crippen LogP contribution in [-0.2, 0) is 4.79 Å². The van der Waals surface area contributed by atoms with Crippen molar-refractivity contribution in [2.75, 3.05) is 6.54 Å². The van der Waals surface area contributed by atoms with Crippen molar-refractivity contribution < 1.29 is 4.79 Å². The molecule has 2 rings (SSSR count). The number of nitrogens with one attached hydrogen (secondary N) is 1. The summed E-state index contributed by atoms with van der Waals surface area (Å²) in [6.45, 7) is 0.650. The lowest BCUT2D eigenvalue weighted by molar-refractivity contribution is -0.119. The maximum atomic E-state index is 11.0. The van der Waals surface area contributed by atoms with Crippen LogP contribution in [0.15, 0.2) is 24.3 Å². The van der Waals surface area contributed by atoms with Crippen molar-refractivity contribution in [2.24, 2.45) is 0 Å². The van der Waals surface area contributed by atoms with Crippen LogP contribution in [0.1, 0.15) is 23.5 Å². The Balaban J connectivity index is 2.33. The number of carbonyl (C=O) groups is 1. The quantitative estimate of drug-likeness (QED) is 0.715. The van der Waals surface area contributed by atoms with Gasteiger partial charge in [-0.25, -0.2) is 0 Å². The van der Waals surface area contributed by atoms with E-state index >= 15 is 0 Å². The van der Waals surface area contributed by atoms with Crippen LogP contribution in [0.2, 0.25) is 0 Å². The molecule has 1 amide bonds. The van der Waals surface area contributed by atoms with Crippen molar-refractivity contribution >= 4 is 5.91 Å². The predicted octanol–water partition coefficient (Wildman–Crippen LogP) is 1.16. The van der Waals surface area contributed by atoms with E-state index < -0.39 is 0 Å². The average molecular weight is 186 g/mol. The molecule has 1 aromatic rings. The van der Waals surface area contributed by atoms with E-state index in [1.165, 1.54) is 0 Å². The van der Waals surface area contributed by atoms with Crippen molar-refractivity contribution in [1.29, 1.82) is 5.26 Å². The molecule has 1 aliphatic heterocycles. The van der Waals surface area contributed by atoms with Gasteiger partial charge in [0.2, 0.25) is 5.91 Å². The van der Waals surface area contributed by atoms with Gasteiger partial charge >= 0.3 is 0 Å². The smallest absolute Gasteiger partial charge is 0.220 e. The first-order valence-corrected chi connectivity index (χ1v) is 4.57. The highest BCUT2D eigenvalue weighted by atomic mass is 16.1. The summed E-state index contributed by atoms with van der Waals surface area (Å²) in [6.07, 6.45) is 0.499. The van der Waals surface area contributed by atoms with Crippen molar-refractivity contribution in [3.8, 4) is 6.07 Å². The minimum atomic E-state index is 0.0720. The van der Waals surface area contributed by atoms with Gasteiger partial charge in [0.15, 0.2) is 0 Å². The molecular formula is C11H10N2O. The molecule has 14 heavy (non-hydrogen) atoms. The lowest BCUT2D eigenvalue weighted by atomic mass is 9.94. The van der Waals surface area contributed by atoms with E-state index in [-0.39, 0.29) is 11.8 Å². The molecule has 0 aliphatic carbocycles. The Morgan fingerprint density at radius 3 is 2.86 bits per heavy atom. The van der Waals surface area contributed by atoms with Gasteiger partial charge < -0.3 is 5.32 Å². The van der Waals surface area contributed by atoms with Crippen molar-refractivity contribution in [3.05, 3.63) is 35.4 Å². The Bertz CT molecular complexity index is 406. The van der Waals surface area contributed by atoms with E-state index in [4.69, 9.17) is 5.26 Å². The second-order valence-corrected chi connectivity index (χ2v) is 3.40. The second kappa shape index (κ2) is 3.51. The maximum Gasteiger partial charge on any atom is 0.220 e. The van der Waals surface area contributed by atoms with Crippen LogP contribution in [0.3, 0.4) is 0 Å². The third-order valence-electron chi connectivity index (χ3n) is 2.50. The molecule has 1 unspecified atom stereocenters. The summed E-state index contributed by atoms with van der Waals surface area (Å²) in [5.41, 5.74) is 1.65. The molecule has 0 spiro atoms. The number of carbonyl (C=O) groups excluding carboxylic acids is 1. The molecule has 0 bridgehead atoms. The first kappa shape index (κ1) is 8.76. The first-order valence-electron chi connectivity index (χ1n) is 4.57. The summed E-state index contributed by atoms with van der Waals surface area (Å²) >= 11 is 0. The van der Waals surface area contributed by atoms with E-state index in [2.05, 4.69) is 11.4 Å². The molecule has 3 heteroatoms. The van der Waals surface area contributed by atoms with Gasteiger partial charge in [-0.2, -0.15) is 5.26 Å². The van der Waals surface area contributed by atoms with Crippen molar-refractivity contribution in [3.63, 3.8) is 0 Å². The van der Waals surface area contributed by atoms with Gasteiger partial charge in [0, 0.05) is 18.9 Å². The van der Waals surface area contributed by atoms with Crippen LogP contribution in [0, 0.1) is 11.3 Å². The summed E-state index contributed by atoms with van der Waals surface area (Å²) in [6, 6.07) is 9.60. The van der Waals surface area contributed by atoms with Crippen LogP contribution in [0.25, 0.3) is 0 Å². The molecule has 1 saturated heterocycles. The molecule has 3 nitrogen and oxygen atoms in total. The average Bonchev–Trinajstić information content (AvgIpc) is 2.65. The van der Waals surface area contributed by atoms with Gasteiger partial charge in [-0.3, -0.25) is 4.79 Å². The van der Waals surface area contributed by atoms with Crippen LogP contribution >= 0.6 is 0 Å². The zero-order valence-corrected chi connectivity index (χ0v) is 7.66. The van der Waals surface area contributed by atoms with E-state index in [9.17, 15) is 4.79 Å². The Morgan fingerprint density at radius 1 is 1.43 bits per heavy atom. The molecule has 0 aromatic heterocycles. The first-order chi connectivity index (χ1) is 6.81. The van der Waals surface area contributed by atoms with Crippen LogP contribution in [0.5, 0.6) is 0 Å². The highest BCUT2D eigenvalue weighted by Crippen LogP contribution is 2.25. The van der Waals surface area contributed by atoms with Gasteiger partial charge in [0.1, 0.15) is 0 Å². The van der Waals surface area contributed by atoms with Crippen LogP contribution in [-0.4, -0.2) is 12.5 Å². The van der Waals surface area contributed by atoms with E-state index in [0.717, 1.165) is 5.56 Å². The van der Waals surface area contributed by atoms with Gasteiger partial charge in [0.05, 0.1) is 11.6 Å². The summed E-state index contributed by atoms with van der Waals surface area (Å²) in [7, 11) is 0. The maximum absolute atomic E-state index is 11.0. The minimum Gasteiger partial charge on any atom is -0.355 e. The van der Waals surface area contributed by atoms with Gasteiger partial charge in [-0.15, -0.1) is 0 Å². The molecule has 1 N–H and O–H groups in total. The monoisotopic (exact) mass is 186 g/mol. The number of hydrogen-bond donors (Lipinski definition) is 1. The molecule has 1 aliphatic rings. The molecule has 1 aromatic carbocycles. The van der Waals surface area contributed by atoms with Crippen molar-refractivity contribution in [2.45, 2.75) is 12.3 Å². The minimum absolute atomic E-state index is 0.0720. The third kappa shape index (κ3) is 1.47. The fourth-order valence-electron chi connectivity index (χ4n) is 1.78. The topological polar surface area (TPSA) is 52.9 Å². The number of nitriles is 1. The number of nitrogens with zero attached hydrogens (tertiary/aromatic N) is 1. The van der Waals surface area contributed by atoms with Crippen LogP contribution in [0.4, 0.5) is 0 Å². The number of amides is 1. The Labute approximate surface area is 82.4 Å². The largest absolute Gasteiger partial charge is 0.355 e. The molecule has 1 heterocycles. The van der Waals surface area contributed by atoms with E-state index in [0.29, 0.717) is 18.5 Å². The van der Waals surface area contributed by atoms with E-state index in [1.54, 1.807) is 6.07 Å². The zero-order valence-electron chi connectivity index (χ0n) is 7.66. The van der Waals surface area contributed by atoms with Gasteiger partial charge in [-0.05, 0) is 11.6 Å². The SMILES string of the molecule is N#Cc1ccccc1C1CNC(=O)C1. The van der Waals surface area contributed by atoms with Gasteiger partial charge in [0.25, 0.3) is 0 Å². The lowest BCUT2D eigenvalue weighted by Crippen LogP contribution is -2.13. The Morgan fingerprint density at radius 2 is 2.21 bits per heavy atom. The highest BCUT2D eigenvalue weighted by molar-refractivity contribution is 5.79. The van der Waals surface area contributed by atoms with Crippen molar-refractivity contribution in [1.82, 2.24) is 5.32 Å². The predicted molar refractivity (Wildman–Crippen MR) is 51.5 cm³/mol.